The van der Waals surface area contributed by atoms with E-state index in [1.165, 1.54) is 51.6 Å². The molecule has 0 N–H and O–H groups in total. The molecule has 3 heteroatoms. The van der Waals surface area contributed by atoms with Gasteiger partial charge in [0.15, 0.2) is 5.79 Å². The van der Waals surface area contributed by atoms with Crippen LogP contribution in [-0.4, -0.2) is 43.0 Å². The van der Waals surface area contributed by atoms with E-state index in [1.807, 2.05) is 0 Å². The summed E-state index contributed by atoms with van der Waals surface area (Å²) in [5, 5.41) is 0. The third-order valence-electron chi connectivity index (χ3n) is 7.31. The number of likely N-dealkylation sites (tertiary alicyclic amines) is 1. The van der Waals surface area contributed by atoms with Crippen LogP contribution in [0.1, 0.15) is 79.6 Å². The zero-order valence-electron chi connectivity index (χ0n) is 17.4. The molecule has 3 fully saturated rings. The fourth-order valence-corrected chi connectivity index (χ4v) is 5.71. The first-order valence-electron chi connectivity index (χ1n) is 10.9. The maximum absolute atomic E-state index is 6.60. The van der Waals surface area contributed by atoms with Gasteiger partial charge in [-0.3, -0.25) is 0 Å². The van der Waals surface area contributed by atoms with Crippen molar-refractivity contribution in [2.45, 2.75) is 91.5 Å². The Morgan fingerprint density at radius 3 is 2.68 bits per heavy atom. The van der Waals surface area contributed by atoms with Crippen LogP contribution < -0.4 is 0 Å². The third-order valence-corrected chi connectivity index (χ3v) is 7.31. The molecular formula is C22H41NO2. The standard InChI is InChI=1S/C22H41NO2/c1-6-10-21(4,5)19-9-11-22(18(3)13-19)24-16-20(25-22)15-23-12-7-8-17(2)14-23/h17-20H,6-16H2,1-5H3. The Kier molecular flexibility index (Phi) is 6.17. The minimum absolute atomic E-state index is 0.271. The zero-order valence-corrected chi connectivity index (χ0v) is 17.4. The van der Waals surface area contributed by atoms with Gasteiger partial charge >= 0.3 is 0 Å². The van der Waals surface area contributed by atoms with Crippen LogP contribution in [0.4, 0.5) is 0 Å². The van der Waals surface area contributed by atoms with Gasteiger partial charge in [-0.1, -0.05) is 41.0 Å². The Bertz CT molecular complexity index is 438. The van der Waals surface area contributed by atoms with Crippen molar-refractivity contribution in [2.24, 2.45) is 23.2 Å². The summed E-state index contributed by atoms with van der Waals surface area (Å²) in [6, 6.07) is 0. The molecule has 2 aliphatic heterocycles. The van der Waals surface area contributed by atoms with Crippen LogP contribution in [0.3, 0.4) is 0 Å². The molecule has 1 aliphatic carbocycles. The van der Waals surface area contributed by atoms with Crippen LogP contribution in [0.25, 0.3) is 0 Å². The molecule has 0 radical (unpaired) electrons. The number of nitrogens with zero attached hydrogens (tertiary/aromatic N) is 1. The molecule has 3 rings (SSSR count). The van der Waals surface area contributed by atoms with E-state index < -0.39 is 0 Å². The van der Waals surface area contributed by atoms with Crippen molar-refractivity contribution in [3.63, 3.8) is 0 Å². The molecule has 3 nitrogen and oxygen atoms in total. The Hall–Kier alpha value is -0.120. The van der Waals surface area contributed by atoms with E-state index in [9.17, 15) is 0 Å². The minimum atomic E-state index is -0.287. The van der Waals surface area contributed by atoms with E-state index in [0.29, 0.717) is 11.3 Å². The Morgan fingerprint density at radius 2 is 2.00 bits per heavy atom. The first-order valence-corrected chi connectivity index (χ1v) is 10.9. The maximum Gasteiger partial charge on any atom is 0.171 e. The smallest absolute Gasteiger partial charge is 0.171 e. The predicted molar refractivity (Wildman–Crippen MR) is 104 cm³/mol. The summed E-state index contributed by atoms with van der Waals surface area (Å²) < 4.78 is 12.9. The molecule has 0 aromatic carbocycles. The molecule has 1 saturated carbocycles. The second kappa shape index (κ2) is 7.86. The molecule has 0 aromatic rings. The molecule has 0 bridgehead atoms. The zero-order chi connectivity index (χ0) is 18.1. The maximum atomic E-state index is 6.60. The number of hydrogen-bond donors (Lipinski definition) is 0. The average molecular weight is 352 g/mol. The topological polar surface area (TPSA) is 21.7 Å². The van der Waals surface area contributed by atoms with Crippen molar-refractivity contribution >= 4 is 0 Å². The molecular weight excluding hydrogens is 310 g/mol. The van der Waals surface area contributed by atoms with Gasteiger partial charge in [0.2, 0.25) is 0 Å². The van der Waals surface area contributed by atoms with Crippen LogP contribution in [0.5, 0.6) is 0 Å². The second-order valence-corrected chi connectivity index (χ2v) is 9.98. The summed E-state index contributed by atoms with van der Waals surface area (Å²) in [5.41, 5.74) is 0.451. The van der Waals surface area contributed by atoms with Crippen molar-refractivity contribution in [2.75, 3.05) is 26.2 Å². The lowest BCUT2D eigenvalue weighted by atomic mass is 9.65. The molecule has 0 amide bonds. The van der Waals surface area contributed by atoms with Gasteiger partial charge in [0.1, 0.15) is 0 Å². The number of ether oxygens (including phenoxy) is 2. The Labute approximate surface area is 155 Å². The highest BCUT2D eigenvalue weighted by molar-refractivity contribution is 4.94. The van der Waals surface area contributed by atoms with Crippen molar-refractivity contribution in [1.29, 1.82) is 0 Å². The van der Waals surface area contributed by atoms with Crippen LogP contribution in [0.2, 0.25) is 0 Å². The van der Waals surface area contributed by atoms with Crippen LogP contribution in [0, 0.1) is 23.2 Å². The van der Waals surface area contributed by atoms with Gasteiger partial charge in [0.05, 0.1) is 12.7 Å². The molecule has 5 atom stereocenters. The lowest BCUT2D eigenvalue weighted by Crippen LogP contribution is -2.46. The summed E-state index contributed by atoms with van der Waals surface area (Å²) in [6.07, 6.45) is 9.19. The van der Waals surface area contributed by atoms with Gasteiger partial charge < -0.3 is 14.4 Å². The molecule has 146 valence electrons. The molecule has 3 aliphatic rings. The Morgan fingerprint density at radius 1 is 1.20 bits per heavy atom. The number of rotatable bonds is 5. The molecule has 2 saturated heterocycles. The summed E-state index contributed by atoms with van der Waals surface area (Å²) in [4.78, 5) is 2.60. The van der Waals surface area contributed by atoms with Gasteiger partial charge in [0.25, 0.3) is 0 Å². The van der Waals surface area contributed by atoms with Crippen molar-refractivity contribution < 1.29 is 9.47 Å². The van der Waals surface area contributed by atoms with Crippen molar-refractivity contribution in [1.82, 2.24) is 4.90 Å². The van der Waals surface area contributed by atoms with E-state index in [1.54, 1.807) is 0 Å². The molecule has 2 heterocycles. The van der Waals surface area contributed by atoms with Crippen LogP contribution >= 0.6 is 0 Å². The number of hydrogen-bond acceptors (Lipinski definition) is 3. The SMILES string of the molecule is CCCC(C)(C)C1CCC2(OCC(CN3CCCC(C)C3)O2)C(C)C1. The van der Waals surface area contributed by atoms with Gasteiger partial charge in [-0.25, -0.2) is 0 Å². The summed E-state index contributed by atoms with van der Waals surface area (Å²) in [7, 11) is 0. The molecule has 0 aromatic heterocycles. The van der Waals surface area contributed by atoms with Gasteiger partial charge in [0, 0.05) is 25.4 Å². The van der Waals surface area contributed by atoms with E-state index in [4.69, 9.17) is 9.47 Å². The van der Waals surface area contributed by atoms with Gasteiger partial charge in [-0.2, -0.15) is 0 Å². The van der Waals surface area contributed by atoms with Crippen LogP contribution in [0.15, 0.2) is 0 Å². The molecule has 5 unspecified atom stereocenters. The van der Waals surface area contributed by atoms with Crippen LogP contribution in [-0.2, 0) is 9.47 Å². The first kappa shape index (κ1) is 19.6. The fraction of sp³-hybridized carbons (Fsp3) is 1.00. The number of piperidine rings is 1. The quantitative estimate of drug-likeness (QED) is 0.688. The van der Waals surface area contributed by atoms with Crippen molar-refractivity contribution in [3.8, 4) is 0 Å². The largest absolute Gasteiger partial charge is 0.347 e. The monoisotopic (exact) mass is 351 g/mol. The van der Waals surface area contributed by atoms with Gasteiger partial charge in [-0.05, 0) is 55.9 Å². The lowest BCUT2D eigenvalue weighted by Gasteiger charge is -2.46. The summed E-state index contributed by atoms with van der Waals surface area (Å²) in [6.45, 7) is 16.3. The third kappa shape index (κ3) is 4.42. The molecule has 25 heavy (non-hydrogen) atoms. The first-order chi connectivity index (χ1) is 11.8. The fourth-order valence-electron chi connectivity index (χ4n) is 5.71. The highest BCUT2D eigenvalue weighted by Crippen LogP contribution is 2.50. The second-order valence-electron chi connectivity index (χ2n) is 9.98. The average Bonchev–Trinajstić information content (AvgIpc) is 2.94. The predicted octanol–water partition coefficient (Wildman–Crippen LogP) is 5.09. The van der Waals surface area contributed by atoms with E-state index in [0.717, 1.165) is 31.4 Å². The normalized spacial score (nSPS) is 40.7. The summed E-state index contributed by atoms with van der Waals surface area (Å²) in [5.74, 6) is 1.86. The minimum Gasteiger partial charge on any atom is -0.347 e. The lowest BCUT2D eigenvalue weighted by molar-refractivity contribution is -0.229. The molecule has 1 spiro atoms. The highest BCUT2D eigenvalue weighted by Gasteiger charge is 2.51. The van der Waals surface area contributed by atoms with Crippen molar-refractivity contribution in [3.05, 3.63) is 0 Å². The highest BCUT2D eigenvalue weighted by atomic mass is 16.7. The van der Waals surface area contributed by atoms with E-state index in [-0.39, 0.29) is 11.9 Å². The van der Waals surface area contributed by atoms with Gasteiger partial charge in [-0.15, -0.1) is 0 Å². The Balaban J connectivity index is 1.54. The van der Waals surface area contributed by atoms with E-state index in [2.05, 4.69) is 39.5 Å². The summed E-state index contributed by atoms with van der Waals surface area (Å²) >= 11 is 0. The van der Waals surface area contributed by atoms with E-state index >= 15 is 0 Å².